The van der Waals surface area contributed by atoms with Crippen molar-refractivity contribution in [2.75, 3.05) is 79.7 Å². The summed E-state index contributed by atoms with van der Waals surface area (Å²) in [7, 11) is -4.29. The molecule has 8 rings (SSSR count). The van der Waals surface area contributed by atoms with E-state index in [1.165, 1.54) is 29.6 Å². The Labute approximate surface area is 370 Å². The number of halogens is 1. The molecule has 0 aliphatic carbocycles. The second-order valence-electron chi connectivity index (χ2n) is 15.2. The van der Waals surface area contributed by atoms with Crippen LogP contribution in [-0.2, 0) is 21.3 Å². The molecule has 0 saturated carbocycles. The first-order valence-electron chi connectivity index (χ1n) is 20.6. The molecule has 0 amide bonds. The minimum atomic E-state index is -4.29. The number of nitrogens with zero attached hydrogens (tertiary/aromatic N) is 6. The van der Waals surface area contributed by atoms with Crippen molar-refractivity contribution in [1.29, 1.82) is 0 Å². The maximum absolute atomic E-state index is 13.8. The molecule has 2 aliphatic rings. The summed E-state index contributed by atoms with van der Waals surface area (Å²) in [6.45, 7) is 7.55. The van der Waals surface area contributed by atoms with Crippen LogP contribution in [0.4, 0.5) is 22.9 Å². The van der Waals surface area contributed by atoms with Crippen LogP contribution in [0.2, 0.25) is 5.02 Å². The van der Waals surface area contributed by atoms with E-state index in [1.54, 1.807) is 11.8 Å². The molecule has 2 saturated heterocycles. The van der Waals surface area contributed by atoms with Crippen molar-refractivity contribution in [3.05, 3.63) is 142 Å². The largest absolute Gasteiger partial charge is 0.379 e. The number of morpholine rings is 1. The maximum atomic E-state index is 13.8. The van der Waals surface area contributed by atoms with Gasteiger partial charge in [-0.2, -0.15) is 0 Å². The summed E-state index contributed by atoms with van der Waals surface area (Å²) in [6, 6.07) is 35.8. The van der Waals surface area contributed by atoms with Gasteiger partial charge in [-0.3, -0.25) is 25.2 Å². The van der Waals surface area contributed by atoms with Gasteiger partial charge in [-0.25, -0.2) is 23.4 Å². The standard InChI is InChI=1S/C45H48ClN9O5S2/c46-35-11-14-40(33-7-3-1-4-8-33)34(27-35)30-52-19-21-53(22-20-52)37-12-15-41-43(28-37)47-32-48-45(41)51-62(58,59)39-13-16-42(44(29-39)55(56)57)50-36(31-61-38-9-5-2-6-10-38)17-18-49-54-23-25-60-26-24-54/h1-16,27-29,32,36,49-50H,17-26,30-31H2,(H,47,48,51)/t36-/m1/s1. The lowest BCUT2D eigenvalue weighted by Crippen LogP contribution is -2.46. The molecule has 5 aromatic carbocycles. The number of hydrogen-bond acceptors (Lipinski definition) is 13. The fraction of sp³-hybridized carbons (Fsp3) is 0.289. The zero-order valence-electron chi connectivity index (χ0n) is 34.0. The molecule has 0 radical (unpaired) electrons. The highest BCUT2D eigenvalue weighted by Crippen LogP contribution is 2.33. The number of nitro benzene ring substituents is 1. The number of ether oxygens (including phenoxy) is 1. The Morgan fingerprint density at radius 3 is 2.37 bits per heavy atom. The van der Waals surface area contributed by atoms with Gasteiger partial charge in [0.15, 0.2) is 5.82 Å². The van der Waals surface area contributed by atoms with Crippen molar-refractivity contribution in [2.45, 2.75) is 28.8 Å². The van der Waals surface area contributed by atoms with Crippen molar-refractivity contribution in [2.24, 2.45) is 0 Å². The van der Waals surface area contributed by atoms with Crippen LogP contribution >= 0.6 is 23.4 Å². The topological polar surface area (TPSA) is 158 Å². The number of piperazine rings is 1. The predicted octanol–water partition coefficient (Wildman–Crippen LogP) is 7.78. The molecular formula is C45H48ClN9O5S2. The van der Waals surface area contributed by atoms with E-state index >= 15 is 0 Å². The highest BCUT2D eigenvalue weighted by Gasteiger charge is 2.25. The molecule has 0 unspecified atom stereocenters. The average molecular weight is 895 g/mol. The number of thioether (sulfide) groups is 1. The zero-order chi connectivity index (χ0) is 42.9. The van der Waals surface area contributed by atoms with E-state index in [4.69, 9.17) is 16.3 Å². The SMILES string of the molecule is O=[N+]([O-])c1cc(S(=O)(=O)Nc2ncnc3cc(N4CCN(Cc5cc(Cl)ccc5-c5ccccc5)CC4)ccc23)ccc1N[C@H](CCNN1CCOCC1)CSc1ccccc1. The lowest BCUT2D eigenvalue weighted by atomic mass is 9.99. The summed E-state index contributed by atoms with van der Waals surface area (Å²) in [6.07, 6.45) is 1.97. The quantitative estimate of drug-likeness (QED) is 0.0464. The Bertz CT molecular complexity index is 2580. The summed E-state index contributed by atoms with van der Waals surface area (Å²) >= 11 is 8.08. The number of hydrazine groups is 1. The number of aromatic nitrogens is 2. The van der Waals surface area contributed by atoms with E-state index in [0.29, 0.717) is 47.9 Å². The third-order valence-corrected chi connectivity index (χ3v) is 13.8. The Morgan fingerprint density at radius 1 is 0.855 bits per heavy atom. The van der Waals surface area contributed by atoms with Crippen LogP contribution in [0.5, 0.6) is 0 Å². The Hall–Kier alpha value is -5.33. The third kappa shape index (κ3) is 11.0. The molecule has 1 atom stereocenters. The van der Waals surface area contributed by atoms with Gasteiger partial charge in [-0.05, 0) is 77.7 Å². The molecule has 3 N–H and O–H groups in total. The van der Waals surface area contributed by atoms with Gasteiger partial charge < -0.3 is 15.0 Å². The molecule has 1 aromatic heterocycles. The summed E-state index contributed by atoms with van der Waals surface area (Å²) in [5, 5.41) is 19.1. The normalized spacial score (nSPS) is 15.7. The maximum Gasteiger partial charge on any atom is 0.293 e. The van der Waals surface area contributed by atoms with Crippen molar-refractivity contribution in [3.63, 3.8) is 0 Å². The zero-order valence-corrected chi connectivity index (χ0v) is 36.4. The monoisotopic (exact) mass is 893 g/mol. The van der Waals surface area contributed by atoms with Gasteiger partial charge >= 0.3 is 0 Å². The Morgan fingerprint density at radius 2 is 1.61 bits per heavy atom. The number of hydrogen-bond donors (Lipinski definition) is 3. The van der Waals surface area contributed by atoms with Crippen LogP contribution in [0, 0.1) is 10.1 Å². The highest BCUT2D eigenvalue weighted by atomic mass is 35.5. The summed E-state index contributed by atoms with van der Waals surface area (Å²) in [4.78, 5) is 26.2. The van der Waals surface area contributed by atoms with Crippen LogP contribution < -0.4 is 20.4 Å². The Kier molecular flexibility index (Phi) is 14.1. The van der Waals surface area contributed by atoms with Crippen molar-refractivity contribution < 1.29 is 18.1 Å². The highest BCUT2D eigenvalue weighted by molar-refractivity contribution is 7.99. The lowest BCUT2D eigenvalue weighted by molar-refractivity contribution is -0.384. The predicted molar refractivity (Wildman–Crippen MR) is 247 cm³/mol. The number of rotatable bonds is 17. The molecular weight excluding hydrogens is 846 g/mol. The molecule has 2 fully saturated rings. The molecule has 17 heteroatoms. The summed E-state index contributed by atoms with van der Waals surface area (Å²) in [5.41, 5.74) is 8.38. The molecule has 0 bridgehead atoms. The van der Waals surface area contributed by atoms with Gasteiger partial charge in [0.25, 0.3) is 15.7 Å². The molecule has 0 spiro atoms. The number of fused-ring (bicyclic) bond motifs is 1. The van der Waals surface area contributed by atoms with Gasteiger partial charge in [0.2, 0.25) is 0 Å². The first kappa shape index (κ1) is 43.3. The first-order valence-corrected chi connectivity index (χ1v) is 23.4. The van der Waals surface area contributed by atoms with Crippen LogP contribution in [0.3, 0.4) is 0 Å². The van der Waals surface area contributed by atoms with Gasteiger partial charge in [0.1, 0.15) is 12.0 Å². The number of anilines is 3. The van der Waals surface area contributed by atoms with Crippen molar-refractivity contribution in [3.8, 4) is 11.1 Å². The van der Waals surface area contributed by atoms with E-state index in [1.807, 2.05) is 72.8 Å². The van der Waals surface area contributed by atoms with E-state index < -0.39 is 14.9 Å². The third-order valence-electron chi connectivity index (χ3n) is 11.0. The Balaban J connectivity index is 0.932. The van der Waals surface area contributed by atoms with E-state index in [-0.39, 0.29) is 28.1 Å². The van der Waals surface area contributed by atoms with E-state index in [2.05, 4.69) is 64.5 Å². The van der Waals surface area contributed by atoms with E-state index in [9.17, 15) is 18.5 Å². The fourth-order valence-electron chi connectivity index (χ4n) is 7.71. The van der Waals surface area contributed by atoms with E-state index in [0.717, 1.165) is 68.0 Å². The molecule has 62 heavy (non-hydrogen) atoms. The smallest absolute Gasteiger partial charge is 0.293 e. The molecule has 322 valence electrons. The van der Waals surface area contributed by atoms with Crippen molar-refractivity contribution in [1.82, 2.24) is 25.3 Å². The molecule has 14 nitrogen and oxygen atoms in total. The second kappa shape index (κ2) is 20.2. The summed E-state index contributed by atoms with van der Waals surface area (Å²) in [5.74, 6) is 0.712. The van der Waals surface area contributed by atoms with Gasteiger partial charge in [0.05, 0.1) is 28.5 Å². The fourth-order valence-corrected chi connectivity index (χ4v) is 9.94. The lowest BCUT2D eigenvalue weighted by Gasteiger charge is -2.36. The minimum absolute atomic E-state index is 0.0812. The van der Waals surface area contributed by atoms with Crippen LogP contribution in [0.25, 0.3) is 22.0 Å². The first-order chi connectivity index (χ1) is 30.2. The number of nitro groups is 1. The molecule has 6 aromatic rings. The minimum Gasteiger partial charge on any atom is -0.379 e. The van der Waals surface area contributed by atoms with Crippen molar-refractivity contribution >= 4 is 67.2 Å². The van der Waals surface area contributed by atoms with Gasteiger partial charge in [0, 0.05) is 91.2 Å². The van der Waals surface area contributed by atoms with Crippen LogP contribution in [0.1, 0.15) is 12.0 Å². The summed E-state index contributed by atoms with van der Waals surface area (Å²) < 4.78 is 35.7. The molecule has 2 aliphatic heterocycles. The van der Waals surface area contributed by atoms with Gasteiger partial charge in [-0.1, -0.05) is 66.2 Å². The molecule has 3 heterocycles. The number of benzene rings is 5. The van der Waals surface area contributed by atoms with Gasteiger partial charge in [-0.15, -0.1) is 11.8 Å². The number of nitrogens with one attached hydrogen (secondary N) is 3. The van der Waals surface area contributed by atoms with Crippen LogP contribution in [-0.4, -0.2) is 104 Å². The average Bonchev–Trinajstić information content (AvgIpc) is 3.29. The van der Waals surface area contributed by atoms with Crippen LogP contribution in [0.15, 0.2) is 131 Å². The number of sulfonamides is 1. The second-order valence-corrected chi connectivity index (χ2v) is 18.4.